The fourth-order valence-electron chi connectivity index (χ4n) is 1.40. The van der Waals surface area contributed by atoms with Gasteiger partial charge >= 0.3 is 22.2 Å². The zero-order valence-electron chi connectivity index (χ0n) is 12.0. The van der Waals surface area contributed by atoms with Crippen molar-refractivity contribution in [3.8, 4) is 0 Å². The number of carboxylic acid groups (broad SMARTS) is 2. The Morgan fingerprint density at radius 3 is 2.13 bits per heavy atom. The molecule has 0 saturated carbocycles. The molecule has 0 aromatic heterocycles. The predicted octanol–water partition coefficient (Wildman–Crippen LogP) is -2.60. The number of carboxylic acids is 2. The smallest absolute Gasteiger partial charge is 0.362 e. The number of nitrogens with zero attached hydrogens (tertiary/aromatic N) is 1. The van der Waals surface area contributed by atoms with Crippen molar-refractivity contribution in [2.45, 2.75) is 31.8 Å². The van der Waals surface area contributed by atoms with Crippen molar-refractivity contribution in [1.29, 1.82) is 0 Å². The minimum Gasteiger partial charge on any atom is -0.480 e. The summed E-state index contributed by atoms with van der Waals surface area (Å²) < 4.78 is 30.5. The standard InChI is InChI=1S/C10H17N3O9S/c1-5(12-7(14)3-2-6(11)10(18)19)9(17)13(4-8(15)16)23(20,21)22/h5-6H,2-4,11H2,1H3,(H,12,14)(H,15,16)(H,18,19)(H,20,21,22)/t5-,6-/m0/s1. The van der Waals surface area contributed by atoms with Gasteiger partial charge in [-0.3, -0.25) is 23.7 Å². The molecule has 2 atom stereocenters. The zero-order chi connectivity index (χ0) is 18.4. The van der Waals surface area contributed by atoms with Crippen LogP contribution in [0.5, 0.6) is 0 Å². The van der Waals surface area contributed by atoms with E-state index in [9.17, 15) is 27.6 Å². The maximum absolute atomic E-state index is 11.8. The van der Waals surface area contributed by atoms with E-state index in [0.717, 1.165) is 6.92 Å². The molecule has 0 rings (SSSR count). The zero-order valence-corrected chi connectivity index (χ0v) is 12.8. The third-order valence-electron chi connectivity index (χ3n) is 2.55. The molecule has 0 saturated heterocycles. The first-order valence-electron chi connectivity index (χ1n) is 6.14. The van der Waals surface area contributed by atoms with E-state index in [1.807, 2.05) is 0 Å². The molecule has 0 fully saturated rings. The van der Waals surface area contributed by atoms with Crippen LogP contribution in [-0.2, 0) is 29.5 Å². The quantitative estimate of drug-likeness (QED) is 0.273. The molecule has 0 unspecified atom stereocenters. The van der Waals surface area contributed by atoms with Gasteiger partial charge in [0.2, 0.25) is 5.91 Å². The van der Waals surface area contributed by atoms with E-state index in [1.54, 1.807) is 0 Å². The number of hydrogen-bond donors (Lipinski definition) is 5. The van der Waals surface area contributed by atoms with E-state index in [4.69, 9.17) is 20.5 Å². The van der Waals surface area contributed by atoms with Crippen LogP contribution in [-0.4, -0.2) is 69.9 Å². The highest BCUT2D eigenvalue weighted by molar-refractivity contribution is 7.84. The number of hydrogen-bond acceptors (Lipinski definition) is 7. The van der Waals surface area contributed by atoms with Crippen molar-refractivity contribution in [3.05, 3.63) is 0 Å². The first-order valence-corrected chi connectivity index (χ1v) is 7.54. The fraction of sp³-hybridized carbons (Fsp3) is 0.600. The number of carbonyl (C=O) groups is 4. The van der Waals surface area contributed by atoms with Crippen LogP contribution in [0.15, 0.2) is 0 Å². The molecule has 0 aromatic rings. The molecule has 0 aromatic carbocycles. The summed E-state index contributed by atoms with van der Waals surface area (Å²) in [4.78, 5) is 44.3. The van der Waals surface area contributed by atoms with Crippen molar-refractivity contribution < 1.29 is 42.4 Å². The van der Waals surface area contributed by atoms with E-state index in [1.165, 1.54) is 0 Å². The van der Waals surface area contributed by atoms with Crippen LogP contribution in [0.25, 0.3) is 0 Å². The van der Waals surface area contributed by atoms with Crippen LogP contribution < -0.4 is 11.1 Å². The molecule has 0 heterocycles. The van der Waals surface area contributed by atoms with Gasteiger partial charge in [0.15, 0.2) is 0 Å². The highest BCUT2D eigenvalue weighted by atomic mass is 32.2. The predicted molar refractivity (Wildman–Crippen MR) is 73.3 cm³/mol. The second-order valence-corrected chi connectivity index (χ2v) is 5.83. The molecule has 0 aliphatic carbocycles. The van der Waals surface area contributed by atoms with Gasteiger partial charge in [-0.1, -0.05) is 0 Å². The Morgan fingerprint density at radius 2 is 1.74 bits per heavy atom. The van der Waals surface area contributed by atoms with Crippen LogP contribution in [0.1, 0.15) is 19.8 Å². The SMILES string of the molecule is C[C@H](NC(=O)CC[C@H](N)C(=O)O)C(=O)N(CC(=O)O)S(=O)(=O)O. The van der Waals surface area contributed by atoms with Crippen LogP contribution in [0.2, 0.25) is 0 Å². The van der Waals surface area contributed by atoms with Gasteiger partial charge < -0.3 is 21.3 Å². The van der Waals surface area contributed by atoms with Crippen LogP contribution >= 0.6 is 0 Å². The number of rotatable bonds is 9. The Bertz CT molecular complexity index is 588. The summed E-state index contributed by atoms with van der Waals surface area (Å²) in [5.41, 5.74) is 5.18. The van der Waals surface area contributed by atoms with E-state index in [-0.39, 0.29) is 17.1 Å². The lowest BCUT2D eigenvalue weighted by atomic mass is 10.1. The van der Waals surface area contributed by atoms with Crippen LogP contribution in [0.3, 0.4) is 0 Å². The van der Waals surface area contributed by atoms with Gasteiger partial charge in [0, 0.05) is 6.42 Å². The largest absolute Gasteiger partial charge is 0.480 e. The summed E-state index contributed by atoms with van der Waals surface area (Å²) in [6, 6.07) is -2.75. The minimum atomic E-state index is -5.12. The van der Waals surface area contributed by atoms with Gasteiger partial charge in [0.25, 0.3) is 5.91 Å². The summed E-state index contributed by atoms with van der Waals surface area (Å²) in [6.07, 6.45) is -0.574. The minimum absolute atomic E-state index is 0.223. The molecular weight excluding hydrogens is 338 g/mol. The molecule has 13 heteroatoms. The van der Waals surface area contributed by atoms with Crippen LogP contribution in [0.4, 0.5) is 0 Å². The number of nitrogens with one attached hydrogen (secondary N) is 1. The first-order chi connectivity index (χ1) is 10.4. The van der Waals surface area contributed by atoms with E-state index in [2.05, 4.69) is 5.32 Å². The fourth-order valence-corrected chi connectivity index (χ4v) is 2.06. The lowest BCUT2D eigenvalue weighted by Crippen LogP contribution is -2.50. The maximum Gasteiger partial charge on any atom is 0.362 e. The maximum atomic E-state index is 11.8. The van der Waals surface area contributed by atoms with Gasteiger partial charge in [0.1, 0.15) is 18.6 Å². The summed E-state index contributed by atoms with van der Waals surface area (Å²) in [5, 5.41) is 19.1. The monoisotopic (exact) mass is 355 g/mol. The first kappa shape index (κ1) is 20.8. The third-order valence-corrected chi connectivity index (χ3v) is 3.42. The average molecular weight is 355 g/mol. The molecule has 132 valence electrons. The Labute approximate surface area is 131 Å². The van der Waals surface area contributed by atoms with E-state index in [0.29, 0.717) is 0 Å². The molecule has 23 heavy (non-hydrogen) atoms. The van der Waals surface area contributed by atoms with Crippen molar-refractivity contribution in [2.75, 3.05) is 6.54 Å². The third kappa shape index (κ3) is 7.53. The molecule has 0 bridgehead atoms. The number of aliphatic carboxylic acids is 2. The van der Waals surface area contributed by atoms with Crippen molar-refractivity contribution >= 4 is 34.1 Å². The second kappa shape index (κ2) is 8.40. The topological polar surface area (TPSA) is 204 Å². The van der Waals surface area contributed by atoms with Gasteiger partial charge in [-0.15, -0.1) is 0 Å². The Kier molecular flexibility index (Phi) is 7.58. The van der Waals surface area contributed by atoms with Crippen molar-refractivity contribution in [2.24, 2.45) is 5.73 Å². The molecular formula is C10H17N3O9S. The molecule has 0 aliphatic rings. The summed E-state index contributed by atoms with van der Waals surface area (Å²) in [5.74, 6) is -5.18. The molecule has 12 nitrogen and oxygen atoms in total. The molecule has 0 radical (unpaired) electrons. The molecule has 2 amide bonds. The number of carbonyl (C=O) groups excluding carboxylic acids is 2. The van der Waals surface area contributed by atoms with E-state index < -0.39 is 52.7 Å². The molecule has 0 spiro atoms. The summed E-state index contributed by atoms with van der Waals surface area (Å²) >= 11 is 0. The molecule has 6 N–H and O–H groups in total. The summed E-state index contributed by atoms with van der Waals surface area (Å²) in [6.45, 7) is -0.251. The number of nitrogens with two attached hydrogens (primary N) is 1. The Balaban J connectivity index is 4.77. The Morgan fingerprint density at radius 1 is 1.22 bits per heavy atom. The van der Waals surface area contributed by atoms with E-state index >= 15 is 0 Å². The number of amides is 2. The highest BCUT2D eigenvalue weighted by Gasteiger charge is 2.32. The van der Waals surface area contributed by atoms with Gasteiger partial charge in [-0.2, -0.15) is 8.42 Å². The average Bonchev–Trinajstić information content (AvgIpc) is 2.39. The van der Waals surface area contributed by atoms with Crippen LogP contribution in [0, 0.1) is 0 Å². The highest BCUT2D eigenvalue weighted by Crippen LogP contribution is 2.03. The lowest BCUT2D eigenvalue weighted by Gasteiger charge is -2.21. The van der Waals surface area contributed by atoms with Crippen molar-refractivity contribution in [3.63, 3.8) is 0 Å². The normalized spacial score (nSPS) is 13.7. The van der Waals surface area contributed by atoms with Crippen molar-refractivity contribution in [1.82, 2.24) is 9.62 Å². The van der Waals surface area contributed by atoms with Gasteiger partial charge in [-0.05, 0) is 13.3 Å². The molecule has 0 aliphatic heterocycles. The van der Waals surface area contributed by atoms with Gasteiger partial charge in [0.05, 0.1) is 0 Å². The Hall–Kier alpha value is -2.25. The second-order valence-electron chi connectivity index (χ2n) is 4.49. The lowest BCUT2D eigenvalue weighted by molar-refractivity contribution is -0.142. The van der Waals surface area contributed by atoms with Gasteiger partial charge in [-0.25, -0.2) is 4.31 Å². The summed E-state index contributed by atoms with van der Waals surface area (Å²) in [7, 11) is -5.12.